The second-order valence-corrected chi connectivity index (χ2v) is 11.7. The maximum absolute atomic E-state index is 13.2. The van der Waals surface area contributed by atoms with Crippen molar-refractivity contribution in [1.82, 2.24) is 0 Å². The molecule has 0 bridgehead atoms. The van der Waals surface area contributed by atoms with Gasteiger partial charge in [-0.15, -0.1) is 16.7 Å². The van der Waals surface area contributed by atoms with Gasteiger partial charge >= 0.3 is 12.1 Å². The molecule has 48 heavy (non-hydrogen) atoms. The molecule has 0 saturated carbocycles. The SMILES string of the molecule is COc1ccc(C(SCCC(=O)Oc2ccc(COC(=O)Oc3ccc(N=O)cc3)cc2OC)(c2ccccc2)c2ccccc2)cc1. The highest BCUT2D eigenvalue weighted by atomic mass is 32.2. The summed E-state index contributed by atoms with van der Waals surface area (Å²) in [6.07, 6.45) is -0.795. The first-order valence-corrected chi connectivity index (χ1v) is 16.0. The highest BCUT2D eigenvalue weighted by Crippen LogP contribution is 2.49. The van der Waals surface area contributed by atoms with Gasteiger partial charge in [-0.1, -0.05) is 78.9 Å². The number of carbonyl (C=O) groups excluding carboxylic acids is 2. The zero-order chi connectivity index (χ0) is 33.8. The monoisotopic (exact) mass is 663 g/mol. The van der Waals surface area contributed by atoms with Crippen molar-refractivity contribution in [3.8, 4) is 23.0 Å². The van der Waals surface area contributed by atoms with Crippen molar-refractivity contribution in [1.29, 1.82) is 0 Å². The molecule has 0 aromatic heterocycles. The molecular weight excluding hydrogens is 630 g/mol. The number of thioether (sulfide) groups is 1. The van der Waals surface area contributed by atoms with Gasteiger partial charge in [-0.2, -0.15) is 0 Å². The van der Waals surface area contributed by atoms with Crippen molar-refractivity contribution in [3.63, 3.8) is 0 Å². The third-order valence-corrected chi connectivity index (χ3v) is 8.98. The molecular formula is C38H33NO8S. The van der Waals surface area contributed by atoms with Gasteiger partial charge < -0.3 is 23.7 Å². The number of hydrogen-bond acceptors (Lipinski definition) is 10. The molecule has 5 aromatic carbocycles. The molecule has 10 heteroatoms. The van der Waals surface area contributed by atoms with Crippen LogP contribution in [0.2, 0.25) is 0 Å². The average Bonchev–Trinajstić information content (AvgIpc) is 3.14. The van der Waals surface area contributed by atoms with Crippen molar-refractivity contribution in [2.24, 2.45) is 5.18 Å². The first kappa shape index (κ1) is 33.7. The van der Waals surface area contributed by atoms with Crippen molar-refractivity contribution in [3.05, 3.63) is 155 Å². The van der Waals surface area contributed by atoms with Crippen LogP contribution in [0.4, 0.5) is 10.5 Å². The van der Waals surface area contributed by atoms with E-state index in [2.05, 4.69) is 41.6 Å². The molecule has 5 aromatic rings. The van der Waals surface area contributed by atoms with Crippen LogP contribution in [0.5, 0.6) is 23.0 Å². The van der Waals surface area contributed by atoms with E-state index in [1.165, 1.54) is 31.4 Å². The summed E-state index contributed by atoms with van der Waals surface area (Å²) in [4.78, 5) is 35.9. The predicted molar refractivity (Wildman–Crippen MR) is 184 cm³/mol. The van der Waals surface area contributed by atoms with E-state index in [4.69, 9.17) is 23.7 Å². The summed E-state index contributed by atoms with van der Waals surface area (Å²) in [5, 5.41) is 2.80. The summed E-state index contributed by atoms with van der Waals surface area (Å²) in [5.74, 6) is 1.56. The Hall–Kier alpha value is -5.61. The van der Waals surface area contributed by atoms with Gasteiger partial charge in [-0.25, -0.2) is 4.79 Å². The fourth-order valence-corrected chi connectivity index (χ4v) is 6.59. The topological polar surface area (TPSA) is 110 Å². The van der Waals surface area contributed by atoms with E-state index in [9.17, 15) is 14.5 Å². The number of ether oxygens (including phenoxy) is 5. The third kappa shape index (κ3) is 8.21. The summed E-state index contributed by atoms with van der Waals surface area (Å²) >= 11 is 1.65. The fourth-order valence-electron chi connectivity index (χ4n) is 5.11. The van der Waals surface area contributed by atoms with Gasteiger partial charge in [0.05, 0.1) is 25.4 Å². The van der Waals surface area contributed by atoms with Gasteiger partial charge in [0.25, 0.3) is 0 Å². The standard InChI is InChI=1S/C38H33NO8S/c1-43-32-18-14-30(15-19-32)38(28-9-5-3-6-10-28,29-11-7-4-8-12-29)48-24-23-36(40)47-34-22-13-27(25-35(34)44-2)26-45-37(41)46-33-20-16-31(39-42)17-21-33/h3-22,25H,23-24,26H2,1-2H3. The minimum absolute atomic E-state index is 0.111. The van der Waals surface area contributed by atoms with Crippen LogP contribution in [0.3, 0.4) is 0 Å². The lowest BCUT2D eigenvalue weighted by molar-refractivity contribution is -0.134. The smallest absolute Gasteiger partial charge is 0.497 e. The number of rotatable bonds is 14. The van der Waals surface area contributed by atoms with Gasteiger partial charge in [-0.3, -0.25) is 4.79 Å². The van der Waals surface area contributed by atoms with Crippen molar-refractivity contribution < 1.29 is 33.3 Å². The van der Waals surface area contributed by atoms with Crippen LogP contribution in [0.25, 0.3) is 0 Å². The van der Waals surface area contributed by atoms with E-state index in [1.807, 2.05) is 48.5 Å². The first-order valence-electron chi connectivity index (χ1n) is 15.0. The third-order valence-electron chi connectivity index (χ3n) is 7.43. The molecule has 0 fully saturated rings. The molecule has 0 saturated heterocycles. The van der Waals surface area contributed by atoms with E-state index in [0.29, 0.717) is 17.1 Å². The summed E-state index contributed by atoms with van der Waals surface area (Å²) in [7, 11) is 3.10. The van der Waals surface area contributed by atoms with Gasteiger partial charge in [0, 0.05) is 5.75 Å². The summed E-state index contributed by atoms with van der Waals surface area (Å²) in [6, 6.07) is 39.0. The van der Waals surface area contributed by atoms with Crippen LogP contribution < -0.4 is 18.9 Å². The molecule has 0 aliphatic carbocycles. The molecule has 0 atom stereocenters. The van der Waals surface area contributed by atoms with Gasteiger partial charge in [0.15, 0.2) is 11.5 Å². The second-order valence-electron chi connectivity index (χ2n) is 10.4. The van der Waals surface area contributed by atoms with Gasteiger partial charge in [0.2, 0.25) is 0 Å². The van der Waals surface area contributed by atoms with Crippen molar-refractivity contribution >= 4 is 29.6 Å². The van der Waals surface area contributed by atoms with Gasteiger partial charge in [-0.05, 0) is 76.0 Å². The normalized spacial score (nSPS) is 10.9. The van der Waals surface area contributed by atoms with E-state index in [1.54, 1.807) is 37.1 Å². The van der Waals surface area contributed by atoms with E-state index < -0.39 is 16.9 Å². The minimum atomic E-state index is -0.925. The van der Waals surface area contributed by atoms with E-state index >= 15 is 0 Å². The number of nitrogens with zero attached hydrogens (tertiary/aromatic N) is 1. The van der Waals surface area contributed by atoms with Crippen LogP contribution >= 0.6 is 11.8 Å². The Morgan fingerprint density at radius 2 is 1.27 bits per heavy atom. The number of benzene rings is 5. The molecule has 0 N–H and O–H groups in total. The fraction of sp³-hybridized carbons (Fsp3) is 0.158. The van der Waals surface area contributed by atoms with Crippen LogP contribution in [0.15, 0.2) is 133 Å². The predicted octanol–water partition coefficient (Wildman–Crippen LogP) is 8.84. The number of carbonyl (C=O) groups is 2. The summed E-state index contributed by atoms with van der Waals surface area (Å²) < 4.78 is 26.3. The highest BCUT2D eigenvalue weighted by Gasteiger charge is 2.37. The average molecular weight is 664 g/mol. The quantitative estimate of drug-likeness (QED) is 0.0378. The first-order chi connectivity index (χ1) is 23.4. The van der Waals surface area contributed by atoms with Crippen LogP contribution in [0, 0.1) is 4.91 Å². The maximum Gasteiger partial charge on any atom is 0.514 e. The van der Waals surface area contributed by atoms with Crippen molar-refractivity contribution in [2.45, 2.75) is 17.8 Å². The Labute approximate surface area is 282 Å². The van der Waals surface area contributed by atoms with Crippen LogP contribution in [-0.4, -0.2) is 32.1 Å². The maximum atomic E-state index is 13.2. The number of hydrogen-bond donors (Lipinski definition) is 0. The van der Waals surface area contributed by atoms with Crippen molar-refractivity contribution in [2.75, 3.05) is 20.0 Å². The number of esters is 1. The molecule has 0 aliphatic rings. The van der Waals surface area contributed by atoms with Gasteiger partial charge in [0.1, 0.15) is 23.8 Å². The summed E-state index contributed by atoms with van der Waals surface area (Å²) in [5.41, 5.74) is 4.01. The van der Waals surface area contributed by atoms with E-state index in [0.717, 1.165) is 22.4 Å². The van der Waals surface area contributed by atoms with E-state index in [-0.39, 0.29) is 30.2 Å². The lowest BCUT2D eigenvalue weighted by Gasteiger charge is -2.35. The molecule has 0 amide bonds. The lowest BCUT2D eigenvalue weighted by atomic mass is 9.84. The minimum Gasteiger partial charge on any atom is -0.497 e. The highest BCUT2D eigenvalue weighted by molar-refractivity contribution is 8.00. The van der Waals surface area contributed by atoms with Crippen LogP contribution in [-0.2, 0) is 20.9 Å². The largest absolute Gasteiger partial charge is 0.514 e. The zero-order valence-corrected chi connectivity index (χ0v) is 27.2. The molecule has 0 heterocycles. The summed E-state index contributed by atoms with van der Waals surface area (Å²) in [6.45, 7) is -0.111. The molecule has 244 valence electrons. The Bertz CT molecular complexity index is 1770. The second kappa shape index (κ2) is 16.3. The number of methoxy groups -OCH3 is 2. The molecule has 5 rings (SSSR count). The molecule has 0 radical (unpaired) electrons. The molecule has 9 nitrogen and oxygen atoms in total. The molecule has 0 spiro atoms. The Balaban J connectivity index is 1.25. The van der Waals surface area contributed by atoms with Crippen LogP contribution in [0.1, 0.15) is 28.7 Å². The Kier molecular flexibility index (Phi) is 11.4. The lowest BCUT2D eigenvalue weighted by Crippen LogP contribution is -2.26. The molecule has 0 unspecified atom stereocenters. The molecule has 0 aliphatic heterocycles. The Morgan fingerprint density at radius 1 is 0.667 bits per heavy atom. The zero-order valence-electron chi connectivity index (χ0n) is 26.4. The Morgan fingerprint density at radius 3 is 1.85 bits per heavy atom. The number of nitroso groups, excluding NO2 is 1.